The Bertz CT molecular complexity index is 1100. The molecule has 0 radical (unpaired) electrons. The van der Waals surface area contributed by atoms with E-state index in [1.165, 1.54) is 39.3 Å². The highest BCUT2D eigenvalue weighted by Crippen LogP contribution is 2.33. The molecule has 1 amide bonds. The van der Waals surface area contributed by atoms with Crippen LogP contribution in [-0.4, -0.2) is 20.7 Å². The second-order valence-corrected chi connectivity index (χ2v) is 8.79. The third kappa shape index (κ3) is 4.84. The van der Waals surface area contributed by atoms with Gasteiger partial charge >= 0.3 is 0 Å². The number of thiazole rings is 1. The van der Waals surface area contributed by atoms with Crippen LogP contribution in [0.1, 0.15) is 74.5 Å². The van der Waals surface area contributed by atoms with Crippen molar-refractivity contribution >= 4 is 22.4 Å². The van der Waals surface area contributed by atoms with Gasteiger partial charge in [0.05, 0.1) is 5.69 Å². The number of anilines is 1. The highest BCUT2D eigenvalue weighted by Gasteiger charge is 2.16. The third-order valence-electron chi connectivity index (χ3n) is 4.90. The van der Waals surface area contributed by atoms with Crippen molar-refractivity contribution in [2.24, 2.45) is 0 Å². The van der Waals surface area contributed by atoms with E-state index in [0.717, 1.165) is 17.7 Å². The fourth-order valence-electron chi connectivity index (χ4n) is 3.21. The molecular weight excluding hydrogens is 396 g/mol. The lowest BCUT2D eigenvalue weighted by Crippen LogP contribution is -2.26. The zero-order valence-electron chi connectivity index (χ0n) is 18.1. The minimum atomic E-state index is -0.375. The summed E-state index contributed by atoms with van der Waals surface area (Å²) in [5.74, 6) is 0.451. The van der Waals surface area contributed by atoms with Crippen LogP contribution >= 0.6 is 11.3 Å². The van der Waals surface area contributed by atoms with Gasteiger partial charge in [0.15, 0.2) is 5.13 Å². The van der Waals surface area contributed by atoms with E-state index in [1.807, 2.05) is 12.3 Å². The van der Waals surface area contributed by atoms with Crippen LogP contribution in [0.4, 0.5) is 5.13 Å². The molecule has 0 aliphatic heterocycles. The smallest absolute Gasteiger partial charge is 0.277 e. The summed E-state index contributed by atoms with van der Waals surface area (Å²) in [5.41, 5.74) is 4.47. The molecule has 7 heteroatoms. The van der Waals surface area contributed by atoms with Gasteiger partial charge in [-0.1, -0.05) is 52.8 Å². The summed E-state index contributed by atoms with van der Waals surface area (Å²) in [7, 11) is 0. The van der Waals surface area contributed by atoms with Gasteiger partial charge in [-0.3, -0.25) is 14.9 Å². The summed E-state index contributed by atoms with van der Waals surface area (Å²) in [4.78, 5) is 29.0. The van der Waals surface area contributed by atoms with Crippen molar-refractivity contribution < 1.29 is 4.79 Å². The summed E-state index contributed by atoms with van der Waals surface area (Å²) in [6.07, 6.45) is 0.765. The summed E-state index contributed by atoms with van der Waals surface area (Å²) in [6, 6.07) is 9.33. The fraction of sp³-hybridized carbons (Fsp3) is 0.391. The number of nitrogens with zero attached hydrogens (tertiary/aromatic N) is 3. The lowest BCUT2D eigenvalue weighted by molar-refractivity contribution is 0.101. The van der Waals surface area contributed by atoms with Crippen molar-refractivity contribution in [3.05, 3.63) is 62.9 Å². The minimum Gasteiger partial charge on any atom is -0.296 e. The first-order valence-corrected chi connectivity index (χ1v) is 11.2. The van der Waals surface area contributed by atoms with E-state index < -0.39 is 0 Å². The lowest BCUT2D eigenvalue weighted by Gasteiger charge is -2.15. The molecule has 158 valence electrons. The number of aromatic nitrogens is 3. The summed E-state index contributed by atoms with van der Waals surface area (Å²) in [6.45, 7) is 11.2. The van der Waals surface area contributed by atoms with Crippen LogP contribution in [0.5, 0.6) is 0 Å². The van der Waals surface area contributed by atoms with Crippen molar-refractivity contribution in [1.82, 2.24) is 14.8 Å². The highest BCUT2D eigenvalue weighted by molar-refractivity contribution is 7.14. The zero-order valence-corrected chi connectivity index (χ0v) is 18.9. The third-order valence-corrected chi connectivity index (χ3v) is 5.66. The monoisotopic (exact) mass is 424 g/mol. The van der Waals surface area contributed by atoms with Gasteiger partial charge in [0.2, 0.25) is 0 Å². The number of nitrogens with one attached hydrogen (secondary N) is 1. The molecule has 0 aliphatic rings. The molecule has 1 aromatic carbocycles. The first-order chi connectivity index (χ1) is 14.3. The van der Waals surface area contributed by atoms with Crippen LogP contribution < -0.4 is 10.9 Å². The number of hydrogen-bond acceptors (Lipinski definition) is 5. The van der Waals surface area contributed by atoms with E-state index in [4.69, 9.17) is 0 Å². The number of benzene rings is 1. The van der Waals surface area contributed by atoms with Gasteiger partial charge < -0.3 is 0 Å². The van der Waals surface area contributed by atoms with Crippen LogP contribution in [0.2, 0.25) is 0 Å². The molecule has 0 bridgehead atoms. The Balaban J connectivity index is 1.84. The maximum atomic E-state index is 12.6. The average molecular weight is 425 g/mol. The van der Waals surface area contributed by atoms with Crippen molar-refractivity contribution in [3.63, 3.8) is 0 Å². The molecule has 0 spiro atoms. The predicted molar refractivity (Wildman–Crippen MR) is 122 cm³/mol. The molecule has 2 heterocycles. The average Bonchev–Trinajstić information content (AvgIpc) is 3.17. The quantitative estimate of drug-likeness (QED) is 0.560. The topological polar surface area (TPSA) is 76.9 Å². The maximum absolute atomic E-state index is 12.6. The van der Waals surface area contributed by atoms with Gasteiger partial charge in [-0.2, -0.15) is 5.10 Å². The Morgan fingerprint density at radius 1 is 1.13 bits per heavy atom. The number of rotatable bonds is 7. The molecule has 6 nitrogen and oxygen atoms in total. The Hall–Kier alpha value is -2.80. The van der Waals surface area contributed by atoms with Crippen molar-refractivity contribution in [1.29, 1.82) is 0 Å². The molecule has 0 aliphatic carbocycles. The van der Waals surface area contributed by atoms with E-state index in [0.29, 0.717) is 23.5 Å². The normalized spacial score (nSPS) is 11.3. The molecule has 0 saturated heterocycles. The molecule has 0 atom stereocenters. The first kappa shape index (κ1) is 21.9. The van der Waals surface area contributed by atoms with E-state index in [9.17, 15) is 9.59 Å². The van der Waals surface area contributed by atoms with Gasteiger partial charge in [-0.05, 0) is 35.4 Å². The van der Waals surface area contributed by atoms with E-state index in [1.54, 1.807) is 0 Å². The van der Waals surface area contributed by atoms with Crippen molar-refractivity contribution in [3.8, 4) is 11.3 Å². The summed E-state index contributed by atoms with van der Waals surface area (Å²) >= 11 is 1.38. The number of hydrogen-bond donors (Lipinski definition) is 1. The molecule has 0 unspecified atom stereocenters. The van der Waals surface area contributed by atoms with Crippen LogP contribution in [-0.2, 0) is 6.54 Å². The van der Waals surface area contributed by atoms with Crippen LogP contribution in [0, 0.1) is 0 Å². The lowest BCUT2D eigenvalue weighted by atomic mass is 9.90. The Morgan fingerprint density at radius 3 is 2.57 bits per heavy atom. The van der Waals surface area contributed by atoms with Crippen LogP contribution in [0.25, 0.3) is 11.3 Å². The number of carbonyl (C=O) groups excluding carboxylic acids is 1. The molecule has 30 heavy (non-hydrogen) atoms. The van der Waals surface area contributed by atoms with Crippen molar-refractivity contribution in [2.75, 3.05) is 5.32 Å². The molecule has 2 aromatic heterocycles. The van der Waals surface area contributed by atoms with Gasteiger partial charge in [-0.25, -0.2) is 9.67 Å². The van der Waals surface area contributed by atoms with Gasteiger partial charge in [0, 0.05) is 23.6 Å². The summed E-state index contributed by atoms with van der Waals surface area (Å²) in [5, 5.41) is 9.42. The number of amides is 1. The zero-order chi connectivity index (χ0) is 21.8. The van der Waals surface area contributed by atoms with Crippen LogP contribution in [0.3, 0.4) is 0 Å². The second kappa shape index (κ2) is 9.34. The van der Waals surface area contributed by atoms with E-state index in [2.05, 4.69) is 61.3 Å². The standard InChI is InChI=1S/C23H28N4O2S/c1-6-11-27-21(28)10-9-19(26-27)22(29)25-23-24-20(13-30-23)17-8-7-16(14(2)3)12-18(17)15(4)5/h7-10,12-15H,6,11H2,1-5H3,(H,24,25,29). The van der Waals surface area contributed by atoms with Crippen molar-refractivity contribution in [2.45, 2.75) is 59.4 Å². The largest absolute Gasteiger partial charge is 0.296 e. The fourth-order valence-corrected chi connectivity index (χ4v) is 3.91. The molecule has 1 N–H and O–H groups in total. The first-order valence-electron chi connectivity index (χ1n) is 10.3. The Kier molecular flexibility index (Phi) is 6.82. The van der Waals surface area contributed by atoms with Gasteiger partial charge in [-0.15, -0.1) is 11.3 Å². The minimum absolute atomic E-state index is 0.198. The SMILES string of the molecule is CCCn1nc(C(=O)Nc2nc(-c3ccc(C(C)C)cc3C(C)C)cs2)ccc1=O. The predicted octanol–water partition coefficient (Wildman–Crippen LogP) is 5.28. The Morgan fingerprint density at radius 2 is 1.90 bits per heavy atom. The molecular formula is C23H28N4O2S. The maximum Gasteiger partial charge on any atom is 0.277 e. The van der Waals surface area contributed by atoms with Gasteiger partial charge in [0.25, 0.3) is 11.5 Å². The van der Waals surface area contributed by atoms with Crippen LogP contribution in [0.15, 0.2) is 40.5 Å². The second-order valence-electron chi connectivity index (χ2n) is 7.93. The highest BCUT2D eigenvalue weighted by atomic mass is 32.1. The molecule has 3 rings (SSSR count). The molecule has 0 saturated carbocycles. The van der Waals surface area contributed by atoms with E-state index >= 15 is 0 Å². The Labute approximate surface area is 181 Å². The van der Waals surface area contributed by atoms with Gasteiger partial charge in [0.1, 0.15) is 5.69 Å². The summed E-state index contributed by atoms with van der Waals surface area (Å²) < 4.78 is 1.31. The number of aryl methyl sites for hydroxylation is 1. The molecule has 0 fully saturated rings. The number of carbonyl (C=O) groups is 1. The molecule has 3 aromatic rings. The van der Waals surface area contributed by atoms with E-state index in [-0.39, 0.29) is 17.2 Å².